The first kappa shape index (κ1) is 13.8. The molecule has 1 fully saturated rings. The second-order valence-electron chi connectivity index (χ2n) is 4.79. The summed E-state index contributed by atoms with van der Waals surface area (Å²) in [5.41, 5.74) is 1.25. The Hall–Kier alpha value is -0.610. The standard InChI is InChI=1S/C14H21ClN2O/c15-13-3-1-2-12(10-13)4-5-14(11-18)17-8-6-16-7-9-17/h1-3,10,14,16,18H,4-9,11H2. The van der Waals surface area contributed by atoms with Crippen LogP contribution in [0.4, 0.5) is 0 Å². The van der Waals surface area contributed by atoms with Gasteiger partial charge in [0.15, 0.2) is 0 Å². The molecule has 1 aliphatic heterocycles. The third kappa shape index (κ3) is 3.95. The lowest BCUT2D eigenvalue weighted by atomic mass is 10.0. The SMILES string of the molecule is OCC(CCc1cccc(Cl)c1)N1CCNCC1. The van der Waals surface area contributed by atoms with E-state index in [0.29, 0.717) is 0 Å². The zero-order chi connectivity index (χ0) is 12.8. The van der Waals surface area contributed by atoms with Crippen LogP contribution in [0.25, 0.3) is 0 Å². The summed E-state index contributed by atoms with van der Waals surface area (Å²) in [7, 11) is 0. The van der Waals surface area contributed by atoms with E-state index in [2.05, 4.69) is 16.3 Å². The lowest BCUT2D eigenvalue weighted by molar-refractivity contribution is 0.104. The molecule has 0 amide bonds. The van der Waals surface area contributed by atoms with Gasteiger partial charge in [-0.25, -0.2) is 0 Å². The maximum atomic E-state index is 9.52. The van der Waals surface area contributed by atoms with Gasteiger partial charge in [0.25, 0.3) is 0 Å². The van der Waals surface area contributed by atoms with Gasteiger partial charge >= 0.3 is 0 Å². The fourth-order valence-electron chi connectivity index (χ4n) is 2.46. The molecule has 1 saturated heterocycles. The number of piperazine rings is 1. The Balaban J connectivity index is 1.86. The van der Waals surface area contributed by atoms with Crippen LogP contribution in [-0.4, -0.2) is 48.8 Å². The normalized spacial score (nSPS) is 18.8. The van der Waals surface area contributed by atoms with Crippen LogP contribution in [-0.2, 0) is 6.42 Å². The number of hydrogen-bond donors (Lipinski definition) is 2. The number of rotatable bonds is 5. The zero-order valence-electron chi connectivity index (χ0n) is 10.6. The van der Waals surface area contributed by atoms with Crippen molar-refractivity contribution in [3.63, 3.8) is 0 Å². The van der Waals surface area contributed by atoms with Gasteiger partial charge in [-0.3, -0.25) is 4.90 Å². The van der Waals surface area contributed by atoms with Crippen LogP contribution in [0.15, 0.2) is 24.3 Å². The van der Waals surface area contributed by atoms with Crippen LogP contribution in [0.5, 0.6) is 0 Å². The van der Waals surface area contributed by atoms with E-state index in [1.807, 2.05) is 18.2 Å². The molecular formula is C14H21ClN2O. The molecular weight excluding hydrogens is 248 g/mol. The number of aliphatic hydroxyl groups excluding tert-OH is 1. The largest absolute Gasteiger partial charge is 0.395 e. The molecule has 0 saturated carbocycles. The van der Waals surface area contributed by atoms with Gasteiger partial charge in [-0.1, -0.05) is 23.7 Å². The Labute approximate surface area is 114 Å². The Morgan fingerprint density at radius 1 is 1.33 bits per heavy atom. The number of aryl methyl sites for hydroxylation is 1. The highest BCUT2D eigenvalue weighted by Crippen LogP contribution is 2.15. The van der Waals surface area contributed by atoms with Gasteiger partial charge in [0, 0.05) is 37.2 Å². The fraction of sp³-hybridized carbons (Fsp3) is 0.571. The highest BCUT2D eigenvalue weighted by atomic mass is 35.5. The molecule has 0 bridgehead atoms. The summed E-state index contributed by atoms with van der Waals surface area (Å²) < 4.78 is 0. The smallest absolute Gasteiger partial charge is 0.0587 e. The number of halogens is 1. The summed E-state index contributed by atoms with van der Waals surface area (Å²) in [6.07, 6.45) is 1.95. The van der Waals surface area contributed by atoms with Gasteiger partial charge in [0.1, 0.15) is 0 Å². The molecule has 0 radical (unpaired) electrons. The molecule has 1 unspecified atom stereocenters. The average Bonchev–Trinajstić information content (AvgIpc) is 2.41. The van der Waals surface area contributed by atoms with E-state index < -0.39 is 0 Å². The van der Waals surface area contributed by atoms with Gasteiger partial charge in [-0.05, 0) is 30.5 Å². The Morgan fingerprint density at radius 2 is 2.11 bits per heavy atom. The molecule has 1 aliphatic rings. The van der Waals surface area contributed by atoms with E-state index in [0.717, 1.165) is 44.0 Å². The predicted octanol–water partition coefficient (Wildman–Crippen LogP) is 1.54. The van der Waals surface area contributed by atoms with Gasteiger partial charge < -0.3 is 10.4 Å². The lowest BCUT2D eigenvalue weighted by Crippen LogP contribution is -2.49. The minimum atomic E-state index is 0.237. The second-order valence-corrected chi connectivity index (χ2v) is 5.23. The molecule has 3 nitrogen and oxygen atoms in total. The zero-order valence-corrected chi connectivity index (χ0v) is 11.4. The van der Waals surface area contributed by atoms with Crippen LogP contribution in [0.2, 0.25) is 5.02 Å². The van der Waals surface area contributed by atoms with Crippen molar-refractivity contribution in [3.8, 4) is 0 Å². The monoisotopic (exact) mass is 268 g/mol. The molecule has 1 aromatic rings. The fourth-order valence-corrected chi connectivity index (χ4v) is 2.68. The summed E-state index contributed by atoms with van der Waals surface area (Å²) in [4.78, 5) is 2.38. The quantitative estimate of drug-likeness (QED) is 0.850. The summed E-state index contributed by atoms with van der Waals surface area (Å²) in [6.45, 7) is 4.34. The van der Waals surface area contributed by atoms with Crippen LogP contribution in [0, 0.1) is 0 Å². The first-order chi connectivity index (χ1) is 8.79. The van der Waals surface area contributed by atoms with E-state index in [-0.39, 0.29) is 12.6 Å². The third-order valence-electron chi connectivity index (χ3n) is 3.53. The molecule has 18 heavy (non-hydrogen) atoms. The third-order valence-corrected chi connectivity index (χ3v) is 3.77. The Morgan fingerprint density at radius 3 is 2.78 bits per heavy atom. The topological polar surface area (TPSA) is 35.5 Å². The predicted molar refractivity (Wildman–Crippen MR) is 75.1 cm³/mol. The highest BCUT2D eigenvalue weighted by Gasteiger charge is 2.19. The van der Waals surface area contributed by atoms with Gasteiger partial charge in [0.2, 0.25) is 0 Å². The van der Waals surface area contributed by atoms with Crippen molar-refractivity contribution in [1.29, 1.82) is 0 Å². The van der Waals surface area contributed by atoms with Crippen molar-refractivity contribution in [1.82, 2.24) is 10.2 Å². The highest BCUT2D eigenvalue weighted by molar-refractivity contribution is 6.30. The number of aliphatic hydroxyl groups is 1. The first-order valence-electron chi connectivity index (χ1n) is 6.59. The first-order valence-corrected chi connectivity index (χ1v) is 6.97. The lowest BCUT2D eigenvalue weighted by Gasteiger charge is -2.34. The van der Waals surface area contributed by atoms with E-state index in [1.54, 1.807) is 0 Å². The second kappa shape index (κ2) is 7.10. The molecule has 2 N–H and O–H groups in total. The Bertz CT molecular complexity index is 367. The molecule has 0 spiro atoms. The number of hydrogen-bond acceptors (Lipinski definition) is 3. The molecule has 1 heterocycles. The van der Waals surface area contributed by atoms with Crippen molar-refractivity contribution in [2.45, 2.75) is 18.9 Å². The number of nitrogens with zero attached hydrogens (tertiary/aromatic N) is 1. The molecule has 1 aromatic carbocycles. The van der Waals surface area contributed by atoms with Crippen LogP contribution < -0.4 is 5.32 Å². The molecule has 100 valence electrons. The van der Waals surface area contributed by atoms with Gasteiger partial charge in [-0.2, -0.15) is 0 Å². The minimum absolute atomic E-state index is 0.237. The molecule has 2 rings (SSSR count). The van der Waals surface area contributed by atoms with E-state index in [4.69, 9.17) is 11.6 Å². The summed E-state index contributed by atoms with van der Waals surface area (Å²) in [5.74, 6) is 0. The molecule has 0 aliphatic carbocycles. The average molecular weight is 269 g/mol. The minimum Gasteiger partial charge on any atom is -0.395 e. The van der Waals surface area contributed by atoms with E-state index >= 15 is 0 Å². The molecule has 4 heteroatoms. The van der Waals surface area contributed by atoms with Crippen LogP contribution in [0.3, 0.4) is 0 Å². The van der Waals surface area contributed by atoms with Crippen molar-refractivity contribution < 1.29 is 5.11 Å². The van der Waals surface area contributed by atoms with E-state index in [9.17, 15) is 5.11 Å². The number of nitrogens with one attached hydrogen (secondary N) is 1. The Kier molecular flexibility index (Phi) is 5.45. The van der Waals surface area contributed by atoms with Crippen LogP contribution in [0.1, 0.15) is 12.0 Å². The summed E-state index contributed by atoms with van der Waals surface area (Å²) >= 11 is 5.97. The van der Waals surface area contributed by atoms with Gasteiger partial charge in [0.05, 0.1) is 6.61 Å². The van der Waals surface area contributed by atoms with Crippen molar-refractivity contribution in [2.75, 3.05) is 32.8 Å². The van der Waals surface area contributed by atoms with Gasteiger partial charge in [-0.15, -0.1) is 0 Å². The summed E-state index contributed by atoms with van der Waals surface area (Å²) in [5, 5.41) is 13.6. The van der Waals surface area contributed by atoms with Crippen LogP contribution >= 0.6 is 11.6 Å². The molecule has 0 aromatic heterocycles. The maximum absolute atomic E-state index is 9.52. The molecule has 1 atom stereocenters. The van der Waals surface area contributed by atoms with Crippen molar-refractivity contribution in [3.05, 3.63) is 34.9 Å². The van der Waals surface area contributed by atoms with E-state index in [1.165, 1.54) is 5.56 Å². The maximum Gasteiger partial charge on any atom is 0.0587 e. The summed E-state index contributed by atoms with van der Waals surface area (Å²) in [6, 6.07) is 8.25. The number of benzene rings is 1. The van der Waals surface area contributed by atoms with Crippen molar-refractivity contribution in [2.24, 2.45) is 0 Å². The van der Waals surface area contributed by atoms with Crippen molar-refractivity contribution >= 4 is 11.6 Å².